The van der Waals surface area contributed by atoms with Crippen LogP contribution in [0.1, 0.15) is 41.5 Å². The molecule has 0 aliphatic rings. The average molecular weight is 247 g/mol. The molecule has 98 valence electrons. The van der Waals surface area contributed by atoms with Gasteiger partial charge in [0.1, 0.15) is 0 Å². The van der Waals surface area contributed by atoms with E-state index in [1.54, 1.807) is 0 Å². The van der Waals surface area contributed by atoms with E-state index in [9.17, 15) is 0 Å². The average Bonchev–Trinajstić information content (AvgIpc) is 2.16. The summed E-state index contributed by atoms with van der Waals surface area (Å²) < 4.78 is 6.22. The largest absolute Gasteiger partial charge is 0.414 e. The monoisotopic (exact) mass is 247 g/mol. The Kier molecular flexibility index (Phi) is 6.78. The standard InChI is InChI=1S/C12H29NO2Si/c1-9(2)16(10(3)4,11(5)6)15-8-12(13)7-14/h9-12,14H,7-8,13H2,1-6H3/t12-/m1/s1. The summed E-state index contributed by atoms with van der Waals surface area (Å²) in [5, 5.41) is 8.96. The molecule has 3 N–H and O–H groups in total. The highest BCUT2D eigenvalue weighted by molar-refractivity contribution is 6.77. The number of rotatable bonds is 7. The lowest BCUT2D eigenvalue weighted by Gasteiger charge is -2.42. The van der Waals surface area contributed by atoms with Gasteiger partial charge >= 0.3 is 0 Å². The summed E-state index contributed by atoms with van der Waals surface area (Å²) in [7, 11) is -1.80. The Hall–Kier alpha value is 0.0969. The van der Waals surface area contributed by atoms with Crippen molar-refractivity contribution in [3.8, 4) is 0 Å². The van der Waals surface area contributed by atoms with Gasteiger partial charge in [-0.15, -0.1) is 0 Å². The summed E-state index contributed by atoms with van der Waals surface area (Å²) in [5.74, 6) is 0. The summed E-state index contributed by atoms with van der Waals surface area (Å²) >= 11 is 0. The van der Waals surface area contributed by atoms with Crippen LogP contribution in [0.4, 0.5) is 0 Å². The molecule has 0 saturated heterocycles. The first-order valence-corrected chi connectivity index (χ1v) is 8.43. The molecule has 16 heavy (non-hydrogen) atoms. The van der Waals surface area contributed by atoms with E-state index in [1.807, 2.05) is 0 Å². The van der Waals surface area contributed by atoms with Crippen LogP contribution in [-0.2, 0) is 4.43 Å². The van der Waals surface area contributed by atoms with Crippen LogP contribution < -0.4 is 5.73 Å². The minimum atomic E-state index is -1.80. The van der Waals surface area contributed by atoms with Crippen LogP contribution >= 0.6 is 0 Å². The van der Waals surface area contributed by atoms with Crippen molar-refractivity contribution in [1.82, 2.24) is 0 Å². The van der Waals surface area contributed by atoms with E-state index in [-0.39, 0.29) is 12.6 Å². The molecule has 0 aromatic carbocycles. The molecule has 0 bridgehead atoms. The second-order valence-corrected chi connectivity index (χ2v) is 11.0. The van der Waals surface area contributed by atoms with Crippen LogP contribution in [0, 0.1) is 0 Å². The number of aliphatic hydroxyl groups excluding tert-OH is 1. The maximum Gasteiger partial charge on any atom is 0.200 e. The van der Waals surface area contributed by atoms with Gasteiger partial charge in [0.25, 0.3) is 0 Å². The Morgan fingerprint density at radius 3 is 1.62 bits per heavy atom. The second kappa shape index (κ2) is 6.74. The quantitative estimate of drug-likeness (QED) is 0.680. The third-order valence-corrected chi connectivity index (χ3v) is 9.57. The smallest absolute Gasteiger partial charge is 0.200 e. The molecule has 3 nitrogen and oxygen atoms in total. The topological polar surface area (TPSA) is 55.5 Å². The number of hydrogen-bond donors (Lipinski definition) is 2. The predicted octanol–water partition coefficient (Wildman–Crippen LogP) is 2.50. The van der Waals surface area contributed by atoms with Gasteiger partial charge in [0.2, 0.25) is 0 Å². The molecule has 0 spiro atoms. The van der Waals surface area contributed by atoms with Gasteiger partial charge in [0.15, 0.2) is 8.32 Å². The van der Waals surface area contributed by atoms with Gasteiger partial charge < -0.3 is 15.3 Å². The van der Waals surface area contributed by atoms with Crippen LogP contribution in [0.15, 0.2) is 0 Å². The van der Waals surface area contributed by atoms with Crippen LogP contribution in [0.2, 0.25) is 16.6 Å². The van der Waals surface area contributed by atoms with E-state index in [0.717, 1.165) is 0 Å². The van der Waals surface area contributed by atoms with Crippen LogP contribution in [0.3, 0.4) is 0 Å². The highest BCUT2D eigenvalue weighted by Gasteiger charge is 2.45. The second-order valence-electron chi connectivity index (χ2n) is 5.57. The summed E-state index contributed by atoms with van der Waals surface area (Å²) in [6.45, 7) is 14.0. The van der Waals surface area contributed by atoms with Crippen molar-refractivity contribution in [1.29, 1.82) is 0 Å². The Labute approximate surface area is 102 Å². The Morgan fingerprint density at radius 2 is 1.38 bits per heavy atom. The zero-order valence-electron chi connectivity index (χ0n) is 11.7. The van der Waals surface area contributed by atoms with Crippen molar-refractivity contribution in [2.45, 2.75) is 64.2 Å². The molecule has 0 amide bonds. The highest BCUT2D eigenvalue weighted by atomic mass is 28.4. The van der Waals surface area contributed by atoms with Crippen LogP contribution in [-0.4, -0.2) is 32.7 Å². The zero-order valence-corrected chi connectivity index (χ0v) is 12.7. The molecule has 0 aliphatic heterocycles. The van der Waals surface area contributed by atoms with E-state index in [0.29, 0.717) is 23.2 Å². The molecule has 0 rings (SSSR count). The van der Waals surface area contributed by atoms with Crippen LogP contribution in [0.25, 0.3) is 0 Å². The number of nitrogens with two attached hydrogens (primary N) is 1. The van der Waals surface area contributed by atoms with E-state index >= 15 is 0 Å². The molecule has 0 fully saturated rings. The third-order valence-electron chi connectivity index (χ3n) is 3.49. The SMILES string of the molecule is CC(C)[Si](OC[C@H](N)CO)(C(C)C)C(C)C. The summed E-state index contributed by atoms with van der Waals surface area (Å²) in [6, 6.07) is -0.247. The molecule has 1 atom stereocenters. The van der Waals surface area contributed by atoms with Crippen molar-refractivity contribution in [2.24, 2.45) is 5.73 Å². The van der Waals surface area contributed by atoms with E-state index < -0.39 is 8.32 Å². The fourth-order valence-corrected chi connectivity index (χ4v) is 8.31. The number of aliphatic hydroxyl groups is 1. The fourth-order valence-electron chi connectivity index (χ4n) is 2.80. The van der Waals surface area contributed by atoms with Gasteiger partial charge in [-0.25, -0.2) is 0 Å². The minimum absolute atomic E-state index is 0.00122. The lowest BCUT2D eigenvalue weighted by molar-refractivity contribution is 0.192. The Morgan fingerprint density at radius 1 is 1.00 bits per heavy atom. The molecule has 0 heterocycles. The van der Waals surface area contributed by atoms with Crippen LogP contribution in [0.5, 0.6) is 0 Å². The van der Waals surface area contributed by atoms with Gasteiger partial charge in [-0.3, -0.25) is 0 Å². The third kappa shape index (κ3) is 3.55. The van der Waals surface area contributed by atoms with Crippen molar-refractivity contribution in [3.63, 3.8) is 0 Å². The van der Waals surface area contributed by atoms with Crippen molar-refractivity contribution >= 4 is 8.32 Å². The normalized spacial score (nSPS) is 15.2. The molecular weight excluding hydrogens is 218 g/mol. The predicted molar refractivity (Wildman–Crippen MR) is 72.1 cm³/mol. The maximum absolute atomic E-state index is 8.96. The first-order valence-electron chi connectivity index (χ1n) is 6.29. The first-order chi connectivity index (χ1) is 7.28. The molecule has 0 aromatic rings. The van der Waals surface area contributed by atoms with Crippen molar-refractivity contribution < 1.29 is 9.53 Å². The van der Waals surface area contributed by atoms with Crippen molar-refractivity contribution in [2.75, 3.05) is 13.2 Å². The molecule has 4 heteroatoms. The van der Waals surface area contributed by atoms with Gasteiger partial charge in [0, 0.05) is 6.04 Å². The van der Waals surface area contributed by atoms with Gasteiger partial charge in [-0.05, 0) is 16.6 Å². The Bertz CT molecular complexity index is 174. The van der Waals surface area contributed by atoms with E-state index in [2.05, 4.69) is 41.5 Å². The summed E-state index contributed by atoms with van der Waals surface area (Å²) in [5.41, 5.74) is 7.43. The van der Waals surface area contributed by atoms with Gasteiger partial charge in [-0.1, -0.05) is 41.5 Å². The molecule has 0 radical (unpaired) electrons. The first kappa shape index (κ1) is 16.1. The fraction of sp³-hybridized carbons (Fsp3) is 1.00. The molecular formula is C12H29NO2Si. The lowest BCUT2D eigenvalue weighted by Crippen LogP contribution is -2.50. The maximum atomic E-state index is 8.96. The van der Waals surface area contributed by atoms with Gasteiger partial charge in [-0.2, -0.15) is 0 Å². The van der Waals surface area contributed by atoms with Crippen molar-refractivity contribution in [3.05, 3.63) is 0 Å². The van der Waals surface area contributed by atoms with E-state index in [4.69, 9.17) is 15.3 Å². The van der Waals surface area contributed by atoms with E-state index in [1.165, 1.54) is 0 Å². The lowest BCUT2D eigenvalue weighted by atomic mass is 10.4. The van der Waals surface area contributed by atoms with Gasteiger partial charge in [0.05, 0.1) is 13.2 Å². The Balaban J connectivity index is 4.77. The highest BCUT2D eigenvalue weighted by Crippen LogP contribution is 2.42. The summed E-state index contributed by atoms with van der Waals surface area (Å²) in [6.07, 6.45) is 0. The molecule has 0 saturated carbocycles. The molecule has 0 aliphatic carbocycles. The minimum Gasteiger partial charge on any atom is -0.414 e. The molecule has 0 aromatic heterocycles. The zero-order chi connectivity index (χ0) is 12.9. The summed E-state index contributed by atoms with van der Waals surface area (Å²) in [4.78, 5) is 0. The number of hydrogen-bond acceptors (Lipinski definition) is 3. The molecule has 0 unspecified atom stereocenters.